The van der Waals surface area contributed by atoms with Crippen LogP contribution in [0.3, 0.4) is 0 Å². The van der Waals surface area contributed by atoms with Gasteiger partial charge >= 0.3 is 0 Å². The summed E-state index contributed by atoms with van der Waals surface area (Å²) in [6, 6.07) is 0. The molecule has 0 saturated carbocycles. The molecule has 0 aromatic carbocycles. The predicted molar refractivity (Wildman–Crippen MR) is 56.0 cm³/mol. The van der Waals surface area contributed by atoms with Gasteiger partial charge in [0.2, 0.25) is 0 Å². The van der Waals surface area contributed by atoms with E-state index < -0.39 is 0 Å². The first kappa shape index (κ1) is 10.6. The zero-order valence-corrected chi connectivity index (χ0v) is 9.32. The lowest BCUT2D eigenvalue weighted by Crippen LogP contribution is -2.04. The van der Waals surface area contributed by atoms with Gasteiger partial charge in [-0.2, -0.15) is 0 Å². The first-order valence-corrected chi connectivity index (χ1v) is 5.60. The normalized spacial score (nSPS) is 11.1. The minimum absolute atomic E-state index is 0.600. The Balaban J connectivity index is 2.66. The summed E-state index contributed by atoms with van der Waals surface area (Å²) < 4.78 is 0. The van der Waals surface area contributed by atoms with Gasteiger partial charge in [0, 0.05) is 12.5 Å². The van der Waals surface area contributed by atoms with Crippen LogP contribution in [0.25, 0.3) is 0 Å². The molecule has 1 N–H and O–H groups in total. The second-order valence-electron chi connectivity index (χ2n) is 3.08. The molecular weight excluding hydrogens is 182 g/mol. The van der Waals surface area contributed by atoms with Crippen molar-refractivity contribution in [2.45, 2.75) is 39.2 Å². The van der Waals surface area contributed by atoms with Gasteiger partial charge in [-0.25, -0.2) is 0 Å². The highest BCUT2D eigenvalue weighted by molar-refractivity contribution is 7.11. The molecule has 1 aromatic rings. The van der Waals surface area contributed by atoms with E-state index in [-0.39, 0.29) is 0 Å². The fraction of sp³-hybridized carbons (Fsp3) is 0.778. The summed E-state index contributed by atoms with van der Waals surface area (Å²) in [5.41, 5.74) is 0. The van der Waals surface area contributed by atoms with E-state index in [0.29, 0.717) is 5.92 Å². The van der Waals surface area contributed by atoms with E-state index in [1.807, 2.05) is 7.05 Å². The monoisotopic (exact) mass is 199 g/mol. The lowest BCUT2D eigenvalue weighted by molar-refractivity contribution is 0.629. The van der Waals surface area contributed by atoms with Gasteiger partial charge in [-0.1, -0.05) is 25.2 Å². The fourth-order valence-corrected chi connectivity index (χ4v) is 2.41. The number of nitrogens with one attached hydrogen (secondary N) is 1. The van der Waals surface area contributed by atoms with Crippen LogP contribution in [0, 0.1) is 0 Å². The van der Waals surface area contributed by atoms with Gasteiger partial charge < -0.3 is 5.32 Å². The molecule has 0 aliphatic rings. The van der Waals surface area contributed by atoms with Crippen LogP contribution >= 0.6 is 11.3 Å². The van der Waals surface area contributed by atoms with E-state index in [1.165, 1.54) is 5.01 Å². The van der Waals surface area contributed by atoms with Crippen LogP contribution in [-0.4, -0.2) is 17.2 Å². The molecule has 0 aliphatic heterocycles. The van der Waals surface area contributed by atoms with Crippen molar-refractivity contribution in [3.63, 3.8) is 0 Å². The first-order valence-electron chi connectivity index (χ1n) is 4.78. The molecule has 0 fully saturated rings. The second-order valence-corrected chi connectivity index (χ2v) is 4.17. The maximum Gasteiger partial charge on any atom is 0.131 e. The molecular formula is C9H17N3S. The Morgan fingerprint density at radius 1 is 1.31 bits per heavy atom. The van der Waals surface area contributed by atoms with Gasteiger partial charge in [-0.05, 0) is 19.9 Å². The minimum atomic E-state index is 0.600. The van der Waals surface area contributed by atoms with E-state index in [0.717, 1.165) is 24.4 Å². The lowest BCUT2D eigenvalue weighted by Gasteiger charge is -2.05. The summed E-state index contributed by atoms with van der Waals surface area (Å²) in [5, 5.41) is 13.7. The van der Waals surface area contributed by atoms with Crippen LogP contribution in [0.4, 0.5) is 0 Å². The Morgan fingerprint density at radius 2 is 2.00 bits per heavy atom. The van der Waals surface area contributed by atoms with Crippen molar-refractivity contribution in [1.82, 2.24) is 15.5 Å². The number of nitrogens with zero attached hydrogens (tertiary/aromatic N) is 2. The molecule has 13 heavy (non-hydrogen) atoms. The fourth-order valence-electron chi connectivity index (χ4n) is 1.29. The van der Waals surface area contributed by atoms with Crippen LogP contribution in [0.2, 0.25) is 0 Å². The largest absolute Gasteiger partial charge is 0.313 e. The molecule has 0 unspecified atom stereocenters. The van der Waals surface area contributed by atoms with Crippen molar-refractivity contribution in [3.8, 4) is 0 Å². The van der Waals surface area contributed by atoms with Crippen molar-refractivity contribution >= 4 is 11.3 Å². The Labute approximate surface area is 83.6 Å². The van der Waals surface area contributed by atoms with Crippen molar-refractivity contribution < 1.29 is 0 Å². The highest BCUT2D eigenvalue weighted by Gasteiger charge is 2.12. The summed E-state index contributed by atoms with van der Waals surface area (Å²) >= 11 is 1.73. The summed E-state index contributed by atoms with van der Waals surface area (Å²) in [7, 11) is 1.93. The molecule has 0 bridgehead atoms. The van der Waals surface area contributed by atoms with Crippen LogP contribution in [-0.2, 0) is 6.54 Å². The molecule has 1 aromatic heterocycles. The molecule has 0 atom stereocenters. The Kier molecular flexibility index (Phi) is 4.32. The lowest BCUT2D eigenvalue weighted by atomic mass is 10.1. The third-order valence-electron chi connectivity index (χ3n) is 2.15. The third-order valence-corrected chi connectivity index (χ3v) is 3.23. The van der Waals surface area contributed by atoms with E-state index in [2.05, 4.69) is 29.4 Å². The van der Waals surface area contributed by atoms with Gasteiger partial charge in [0.15, 0.2) is 0 Å². The Hall–Kier alpha value is -0.480. The van der Waals surface area contributed by atoms with Gasteiger partial charge in [-0.3, -0.25) is 0 Å². The summed E-state index contributed by atoms with van der Waals surface area (Å²) in [6.45, 7) is 5.23. The van der Waals surface area contributed by atoms with Crippen LogP contribution in [0.15, 0.2) is 0 Å². The van der Waals surface area contributed by atoms with E-state index in [1.54, 1.807) is 11.3 Å². The SMILES string of the molecule is CCC(CC)c1nnc(CNC)s1. The molecule has 1 heterocycles. The quantitative estimate of drug-likeness (QED) is 0.789. The smallest absolute Gasteiger partial charge is 0.131 e. The molecule has 74 valence electrons. The molecule has 0 radical (unpaired) electrons. The van der Waals surface area contributed by atoms with Crippen molar-refractivity contribution in [2.24, 2.45) is 0 Å². The zero-order chi connectivity index (χ0) is 9.68. The molecule has 0 saturated heterocycles. The standard InChI is InChI=1S/C9H17N3S/c1-4-7(5-2)9-12-11-8(13-9)6-10-3/h7,10H,4-6H2,1-3H3. The minimum Gasteiger partial charge on any atom is -0.313 e. The number of rotatable bonds is 5. The van der Waals surface area contributed by atoms with Gasteiger partial charge in [0.1, 0.15) is 10.0 Å². The van der Waals surface area contributed by atoms with Crippen LogP contribution in [0.1, 0.15) is 42.6 Å². The summed E-state index contributed by atoms with van der Waals surface area (Å²) in [6.07, 6.45) is 2.31. The highest BCUT2D eigenvalue weighted by atomic mass is 32.1. The molecule has 3 nitrogen and oxygen atoms in total. The zero-order valence-electron chi connectivity index (χ0n) is 8.50. The van der Waals surface area contributed by atoms with E-state index in [9.17, 15) is 0 Å². The summed E-state index contributed by atoms with van der Waals surface area (Å²) in [5.74, 6) is 0.600. The number of hydrogen-bond acceptors (Lipinski definition) is 4. The van der Waals surface area contributed by atoms with E-state index >= 15 is 0 Å². The van der Waals surface area contributed by atoms with Gasteiger partial charge in [0.05, 0.1) is 0 Å². The molecule has 4 heteroatoms. The van der Waals surface area contributed by atoms with Crippen molar-refractivity contribution in [1.29, 1.82) is 0 Å². The average molecular weight is 199 g/mol. The Bertz CT molecular complexity index is 243. The molecule has 0 spiro atoms. The number of hydrogen-bond donors (Lipinski definition) is 1. The first-order chi connectivity index (χ1) is 6.31. The maximum atomic E-state index is 4.21. The average Bonchev–Trinajstić information content (AvgIpc) is 2.56. The number of aromatic nitrogens is 2. The molecule has 1 rings (SSSR count). The molecule has 0 amide bonds. The summed E-state index contributed by atoms with van der Waals surface area (Å²) in [4.78, 5) is 0. The Morgan fingerprint density at radius 3 is 2.54 bits per heavy atom. The van der Waals surface area contributed by atoms with Gasteiger partial charge in [0.25, 0.3) is 0 Å². The van der Waals surface area contributed by atoms with Crippen molar-refractivity contribution in [3.05, 3.63) is 10.0 Å². The van der Waals surface area contributed by atoms with E-state index in [4.69, 9.17) is 0 Å². The van der Waals surface area contributed by atoms with Crippen molar-refractivity contribution in [2.75, 3.05) is 7.05 Å². The van der Waals surface area contributed by atoms with Gasteiger partial charge in [-0.15, -0.1) is 10.2 Å². The highest BCUT2D eigenvalue weighted by Crippen LogP contribution is 2.25. The third kappa shape index (κ3) is 2.74. The second kappa shape index (κ2) is 5.29. The predicted octanol–water partition coefficient (Wildman–Crippen LogP) is 2.16. The van der Waals surface area contributed by atoms with Crippen LogP contribution < -0.4 is 5.32 Å². The molecule has 0 aliphatic carbocycles. The maximum absolute atomic E-state index is 4.21. The topological polar surface area (TPSA) is 37.8 Å². The van der Waals surface area contributed by atoms with Crippen LogP contribution in [0.5, 0.6) is 0 Å².